The first-order valence-corrected chi connectivity index (χ1v) is 7.16. The molecule has 0 saturated heterocycles. The Morgan fingerprint density at radius 1 is 1.10 bits per heavy atom. The molecule has 0 aliphatic heterocycles. The normalized spacial score (nSPS) is 21.6. The fourth-order valence-corrected chi connectivity index (χ4v) is 2.83. The molecule has 1 aromatic carbocycles. The van der Waals surface area contributed by atoms with Crippen LogP contribution in [0.5, 0.6) is 0 Å². The van der Waals surface area contributed by atoms with Crippen molar-refractivity contribution in [2.24, 2.45) is 5.41 Å². The highest BCUT2D eigenvalue weighted by Gasteiger charge is 2.42. The Morgan fingerprint density at radius 3 is 2.15 bits per heavy atom. The van der Waals surface area contributed by atoms with Crippen LogP contribution >= 0.6 is 0 Å². The van der Waals surface area contributed by atoms with Gasteiger partial charge >= 0.3 is 6.18 Å². The zero-order valence-corrected chi connectivity index (χ0v) is 12.0. The van der Waals surface area contributed by atoms with Crippen LogP contribution in [0.4, 0.5) is 13.2 Å². The van der Waals surface area contributed by atoms with Gasteiger partial charge in [0, 0.05) is 6.04 Å². The topological polar surface area (TPSA) is 12.0 Å². The third-order valence-electron chi connectivity index (χ3n) is 4.20. The van der Waals surface area contributed by atoms with E-state index in [1.165, 1.54) is 12.1 Å². The number of halogens is 3. The summed E-state index contributed by atoms with van der Waals surface area (Å²) in [6.45, 7) is 4.36. The molecule has 1 aliphatic carbocycles. The lowest BCUT2D eigenvalue weighted by Crippen LogP contribution is -2.43. The molecule has 1 aromatic rings. The van der Waals surface area contributed by atoms with Crippen molar-refractivity contribution in [3.8, 4) is 0 Å². The van der Waals surface area contributed by atoms with Crippen LogP contribution in [0, 0.1) is 5.41 Å². The van der Waals surface area contributed by atoms with E-state index in [9.17, 15) is 13.2 Å². The summed E-state index contributed by atoms with van der Waals surface area (Å²) in [4.78, 5) is 0. The largest absolute Gasteiger partial charge is 0.407 e. The van der Waals surface area contributed by atoms with Crippen molar-refractivity contribution >= 4 is 0 Å². The highest BCUT2D eigenvalue weighted by atomic mass is 19.4. The fraction of sp³-hybridized carbons (Fsp3) is 0.625. The number of hydrogen-bond acceptors (Lipinski definition) is 1. The summed E-state index contributed by atoms with van der Waals surface area (Å²) in [6, 6.07) is 6.51. The van der Waals surface area contributed by atoms with E-state index in [4.69, 9.17) is 0 Å². The summed E-state index contributed by atoms with van der Waals surface area (Å²) in [5.41, 5.74) is 0.559. The van der Waals surface area contributed by atoms with Crippen LogP contribution in [0.3, 0.4) is 0 Å². The third-order valence-corrected chi connectivity index (χ3v) is 4.20. The summed E-state index contributed by atoms with van der Waals surface area (Å²) in [5, 5.41) is 2.82. The maximum Gasteiger partial charge on any atom is 0.407 e. The van der Waals surface area contributed by atoms with Crippen LogP contribution in [0.25, 0.3) is 0 Å². The van der Waals surface area contributed by atoms with E-state index in [0.29, 0.717) is 5.56 Å². The van der Waals surface area contributed by atoms with Gasteiger partial charge in [-0.05, 0) is 36.7 Å². The smallest absolute Gasteiger partial charge is 0.300 e. The van der Waals surface area contributed by atoms with Gasteiger partial charge in [-0.3, -0.25) is 5.32 Å². The molecular formula is C16H22F3N. The minimum atomic E-state index is -4.26. The van der Waals surface area contributed by atoms with Crippen molar-refractivity contribution in [2.45, 2.75) is 57.8 Å². The molecule has 0 amide bonds. The quantitative estimate of drug-likeness (QED) is 0.837. The van der Waals surface area contributed by atoms with Crippen molar-refractivity contribution < 1.29 is 13.2 Å². The maximum atomic E-state index is 13.3. The second-order valence-corrected chi connectivity index (χ2v) is 6.49. The molecule has 1 N–H and O–H groups in total. The molecular weight excluding hydrogens is 263 g/mol. The van der Waals surface area contributed by atoms with Gasteiger partial charge in [0.1, 0.15) is 6.04 Å². The molecule has 20 heavy (non-hydrogen) atoms. The van der Waals surface area contributed by atoms with Crippen LogP contribution in [0.1, 0.15) is 51.1 Å². The zero-order valence-electron chi connectivity index (χ0n) is 12.0. The number of alkyl halides is 3. The van der Waals surface area contributed by atoms with Crippen LogP contribution in [-0.4, -0.2) is 12.2 Å². The molecule has 1 saturated carbocycles. The number of nitrogens with one attached hydrogen (secondary N) is 1. The molecule has 1 atom stereocenters. The summed E-state index contributed by atoms with van der Waals surface area (Å²) in [5.74, 6) is 0. The van der Waals surface area contributed by atoms with E-state index in [1.54, 1.807) is 18.2 Å². The van der Waals surface area contributed by atoms with Gasteiger partial charge in [0.15, 0.2) is 0 Å². The fourth-order valence-electron chi connectivity index (χ4n) is 2.83. The average Bonchev–Trinajstić information content (AvgIpc) is 2.37. The highest BCUT2D eigenvalue weighted by Crippen LogP contribution is 2.38. The number of rotatable bonds is 3. The molecule has 0 aromatic heterocycles. The average molecular weight is 285 g/mol. The van der Waals surface area contributed by atoms with Crippen molar-refractivity contribution in [1.29, 1.82) is 0 Å². The van der Waals surface area contributed by atoms with Crippen molar-refractivity contribution in [3.63, 3.8) is 0 Å². The van der Waals surface area contributed by atoms with Gasteiger partial charge in [-0.1, -0.05) is 44.2 Å². The standard InChI is InChI=1S/C16H22F3N/c1-15(2)10-8-13(9-11-15)20-14(16(17,18)19)12-6-4-3-5-7-12/h3-7,13-14,20H,8-11H2,1-2H3. The molecule has 0 heterocycles. The van der Waals surface area contributed by atoms with E-state index in [0.717, 1.165) is 25.7 Å². The Labute approximate surface area is 118 Å². The minimum Gasteiger partial charge on any atom is -0.300 e. The van der Waals surface area contributed by atoms with Crippen LogP contribution in [0.2, 0.25) is 0 Å². The number of hydrogen-bond donors (Lipinski definition) is 1. The first-order valence-electron chi connectivity index (χ1n) is 7.16. The summed E-state index contributed by atoms with van der Waals surface area (Å²) < 4.78 is 39.8. The van der Waals surface area contributed by atoms with E-state index in [-0.39, 0.29) is 11.5 Å². The minimum absolute atomic E-state index is 0.0464. The molecule has 2 rings (SSSR count). The molecule has 112 valence electrons. The van der Waals surface area contributed by atoms with E-state index < -0.39 is 12.2 Å². The SMILES string of the molecule is CC1(C)CCC(NC(c2ccccc2)C(F)(F)F)CC1. The van der Waals surface area contributed by atoms with Gasteiger partial charge < -0.3 is 0 Å². The Balaban J connectivity index is 2.07. The van der Waals surface area contributed by atoms with Crippen molar-refractivity contribution in [1.82, 2.24) is 5.32 Å². The van der Waals surface area contributed by atoms with E-state index in [1.807, 2.05) is 0 Å². The van der Waals surface area contributed by atoms with Gasteiger partial charge in [-0.15, -0.1) is 0 Å². The predicted molar refractivity (Wildman–Crippen MR) is 74.4 cm³/mol. The van der Waals surface area contributed by atoms with Crippen LogP contribution < -0.4 is 5.32 Å². The van der Waals surface area contributed by atoms with Crippen LogP contribution in [0.15, 0.2) is 30.3 Å². The predicted octanol–water partition coefficient (Wildman–Crippen LogP) is 4.85. The highest BCUT2D eigenvalue weighted by molar-refractivity contribution is 5.20. The lowest BCUT2D eigenvalue weighted by atomic mass is 9.75. The van der Waals surface area contributed by atoms with Crippen LogP contribution in [-0.2, 0) is 0 Å². The molecule has 0 spiro atoms. The molecule has 0 bridgehead atoms. The molecule has 1 unspecified atom stereocenters. The van der Waals surface area contributed by atoms with E-state index in [2.05, 4.69) is 19.2 Å². The molecule has 1 aliphatic rings. The van der Waals surface area contributed by atoms with Gasteiger partial charge in [0.2, 0.25) is 0 Å². The van der Waals surface area contributed by atoms with Gasteiger partial charge in [-0.25, -0.2) is 0 Å². The summed E-state index contributed by atoms with van der Waals surface area (Å²) in [6.07, 6.45) is -0.679. The first-order chi connectivity index (χ1) is 9.28. The second kappa shape index (κ2) is 5.76. The molecule has 4 heteroatoms. The molecule has 1 fully saturated rings. The summed E-state index contributed by atoms with van der Waals surface area (Å²) in [7, 11) is 0. The first kappa shape index (κ1) is 15.4. The lowest BCUT2D eigenvalue weighted by molar-refractivity contribution is -0.160. The Bertz CT molecular complexity index is 415. The van der Waals surface area contributed by atoms with E-state index >= 15 is 0 Å². The Morgan fingerprint density at radius 2 is 1.65 bits per heavy atom. The van der Waals surface area contributed by atoms with Crippen molar-refractivity contribution in [3.05, 3.63) is 35.9 Å². The van der Waals surface area contributed by atoms with Crippen molar-refractivity contribution in [2.75, 3.05) is 0 Å². The molecule has 1 nitrogen and oxygen atoms in total. The van der Waals surface area contributed by atoms with Gasteiger partial charge in [-0.2, -0.15) is 13.2 Å². The molecule has 0 radical (unpaired) electrons. The van der Waals surface area contributed by atoms with Gasteiger partial charge in [0.05, 0.1) is 0 Å². The monoisotopic (exact) mass is 285 g/mol. The van der Waals surface area contributed by atoms with Gasteiger partial charge in [0.25, 0.3) is 0 Å². The Kier molecular flexibility index (Phi) is 4.43. The maximum absolute atomic E-state index is 13.3. The third kappa shape index (κ3) is 3.98. The number of benzene rings is 1. The zero-order chi connectivity index (χ0) is 14.8. The summed E-state index contributed by atoms with van der Waals surface area (Å²) >= 11 is 0. The Hall–Kier alpha value is -1.03. The lowest BCUT2D eigenvalue weighted by Gasteiger charge is -2.37. The second-order valence-electron chi connectivity index (χ2n) is 6.49.